The summed E-state index contributed by atoms with van der Waals surface area (Å²) < 4.78 is 0. The summed E-state index contributed by atoms with van der Waals surface area (Å²) in [7, 11) is 0. The number of hydrogen-bond acceptors (Lipinski definition) is 1. The van der Waals surface area contributed by atoms with Crippen molar-refractivity contribution in [1.82, 2.24) is 0 Å². The molecule has 0 amide bonds. The van der Waals surface area contributed by atoms with Gasteiger partial charge in [0, 0.05) is 0 Å². The van der Waals surface area contributed by atoms with Crippen LogP contribution in [0.5, 0.6) is 0 Å². The second-order valence-electron chi connectivity index (χ2n) is 3.34. The molecule has 0 saturated heterocycles. The van der Waals surface area contributed by atoms with Crippen molar-refractivity contribution in [3.05, 3.63) is 54.6 Å². The minimum atomic E-state index is -0.985. The third-order valence-corrected chi connectivity index (χ3v) is 2.38. The van der Waals surface area contributed by atoms with Gasteiger partial charge >= 0.3 is 5.97 Å². The maximum Gasteiger partial charge on any atom is 0.335 e. The summed E-state index contributed by atoms with van der Waals surface area (Å²) in [5.41, 5.74) is 2.95. The minimum absolute atomic E-state index is 0.118. The Bertz CT molecular complexity index is 469. The number of rotatable bonds is 2. The number of carbonyl (C=O) groups is 1. The van der Waals surface area contributed by atoms with E-state index < -0.39 is 5.97 Å². The van der Waals surface area contributed by atoms with Crippen LogP contribution >= 0.6 is 0 Å². The summed E-state index contributed by atoms with van der Waals surface area (Å²) in [5.74, 6) is -0.985. The van der Waals surface area contributed by atoms with Gasteiger partial charge in [-0.05, 0) is 16.7 Å². The molecular weight excluding hydrogens is 188 g/mol. The average Bonchev–Trinajstić information content (AvgIpc) is 2.57. The molecule has 0 aromatic rings. The van der Waals surface area contributed by atoms with E-state index in [1.807, 2.05) is 30.3 Å². The van der Waals surface area contributed by atoms with Gasteiger partial charge in [0.15, 0.2) is 0 Å². The first kappa shape index (κ1) is 9.46. The molecule has 0 spiro atoms. The molecule has 0 aromatic carbocycles. The van der Waals surface area contributed by atoms with Gasteiger partial charge in [0.2, 0.25) is 0 Å². The van der Waals surface area contributed by atoms with Gasteiger partial charge in [-0.15, -0.1) is 0 Å². The molecule has 0 unspecified atom stereocenters. The van der Waals surface area contributed by atoms with Gasteiger partial charge in [-0.2, -0.15) is 0 Å². The molecule has 0 radical (unpaired) electrons. The fourth-order valence-corrected chi connectivity index (χ4v) is 1.49. The number of hydrogen-bond donors (Lipinski definition) is 1. The van der Waals surface area contributed by atoms with E-state index in [1.165, 1.54) is 0 Å². The Morgan fingerprint density at radius 2 is 1.53 bits per heavy atom. The van der Waals surface area contributed by atoms with E-state index in [9.17, 15) is 4.79 Å². The van der Waals surface area contributed by atoms with Gasteiger partial charge in [-0.3, -0.25) is 0 Å². The molecule has 0 fully saturated rings. The molecule has 2 nitrogen and oxygen atoms in total. The maximum absolute atomic E-state index is 10.7. The van der Waals surface area contributed by atoms with Crippen LogP contribution in [0.15, 0.2) is 49.0 Å². The molecule has 15 heavy (non-hydrogen) atoms. The molecule has 0 aliphatic heterocycles. The molecule has 1 N–H and O–H groups in total. The van der Waals surface area contributed by atoms with Crippen molar-refractivity contribution in [1.29, 1.82) is 0 Å². The third kappa shape index (κ3) is 1.74. The second-order valence-corrected chi connectivity index (χ2v) is 3.34. The van der Waals surface area contributed by atoms with Crippen molar-refractivity contribution in [2.24, 2.45) is 0 Å². The quantitative estimate of drug-likeness (QED) is 0.753. The van der Waals surface area contributed by atoms with E-state index in [0.29, 0.717) is 5.56 Å². The molecule has 0 heterocycles. The van der Waals surface area contributed by atoms with Crippen LogP contribution in [0.4, 0.5) is 0 Å². The number of carboxylic acid groups (broad SMARTS) is 1. The first-order valence-corrected chi connectivity index (χ1v) is 4.60. The topological polar surface area (TPSA) is 37.3 Å². The number of aliphatic carboxylic acids is 1. The molecule has 2 aliphatic carbocycles. The SMILES string of the molecule is C=C(C(=O)O)c1ccc2cccc-2cc1. The molecule has 2 heteroatoms. The Balaban J connectivity index is 2.51. The molecule has 0 aromatic heterocycles. The summed E-state index contributed by atoms with van der Waals surface area (Å²) in [5, 5.41) is 8.81. The first-order valence-electron chi connectivity index (χ1n) is 4.60. The van der Waals surface area contributed by atoms with Crippen LogP contribution in [0.1, 0.15) is 5.56 Å². The van der Waals surface area contributed by atoms with Gasteiger partial charge in [0.25, 0.3) is 0 Å². The van der Waals surface area contributed by atoms with Crippen LogP contribution in [0.2, 0.25) is 0 Å². The summed E-state index contributed by atoms with van der Waals surface area (Å²) in [6.45, 7) is 3.53. The van der Waals surface area contributed by atoms with Crippen LogP contribution in [0.25, 0.3) is 16.7 Å². The van der Waals surface area contributed by atoms with Crippen LogP contribution in [-0.4, -0.2) is 11.1 Å². The van der Waals surface area contributed by atoms with Gasteiger partial charge in [0.1, 0.15) is 0 Å². The van der Waals surface area contributed by atoms with Crippen LogP contribution < -0.4 is 0 Å². The van der Waals surface area contributed by atoms with Gasteiger partial charge < -0.3 is 5.11 Å². The van der Waals surface area contributed by atoms with Gasteiger partial charge in [-0.1, -0.05) is 49.0 Å². The lowest BCUT2D eigenvalue weighted by atomic mass is 10.1. The number of fused-ring (bicyclic) bond motifs is 1. The molecule has 0 atom stereocenters. The van der Waals surface area contributed by atoms with Gasteiger partial charge in [0.05, 0.1) is 5.57 Å². The van der Waals surface area contributed by atoms with Crippen LogP contribution in [0, 0.1) is 0 Å². The zero-order valence-electron chi connectivity index (χ0n) is 8.10. The van der Waals surface area contributed by atoms with Crippen molar-refractivity contribution in [3.63, 3.8) is 0 Å². The number of carboxylic acids is 1. The Kier molecular flexibility index (Phi) is 2.26. The highest BCUT2D eigenvalue weighted by atomic mass is 16.4. The average molecular weight is 198 g/mol. The second kappa shape index (κ2) is 3.58. The maximum atomic E-state index is 10.7. The van der Waals surface area contributed by atoms with E-state index in [-0.39, 0.29) is 5.57 Å². The molecule has 74 valence electrons. The van der Waals surface area contributed by atoms with E-state index in [2.05, 4.69) is 6.58 Å². The normalized spacial score (nSPS) is 10.1. The Hall–Kier alpha value is -2.09. The van der Waals surface area contributed by atoms with Gasteiger partial charge in [-0.25, -0.2) is 4.79 Å². The zero-order chi connectivity index (χ0) is 10.8. The fourth-order valence-electron chi connectivity index (χ4n) is 1.49. The van der Waals surface area contributed by atoms with Crippen LogP contribution in [-0.2, 0) is 4.79 Å². The fraction of sp³-hybridized carbons (Fsp3) is 0. The van der Waals surface area contributed by atoms with Crippen molar-refractivity contribution in [2.75, 3.05) is 0 Å². The van der Waals surface area contributed by atoms with E-state index in [1.54, 1.807) is 12.1 Å². The Morgan fingerprint density at radius 1 is 1.00 bits per heavy atom. The molecule has 0 saturated carbocycles. The minimum Gasteiger partial charge on any atom is -0.478 e. The standard InChI is InChI=1S/C13H10O2/c1-9(13(14)15)10-5-7-11-3-2-4-12(11)8-6-10/h2-8H,1H2,(H,14,15). The molecule has 2 aliphatic rings. The third-order valence-electron chi connectivity index (χ3n) is 2.38. The van der Waals surface area contributed by atoms with Crippen molar-refractivity contribution in [3.8, 4) is 11.1 Å². The van der Waals surface area contributed by atoms with Crippen molar-refractivity contribution < 1.29 is 9.90 Å². The molecule has 0 bridgehead atoms. The summed E-state index contributed by atoms with van der Waals surface area (Å²) >= 11 is 0. The lowest BCUT2D eigenvalue weighted by Gasteiger charge is -1.94. The lowest BCUT2D eigenvalue weighted by molar-refractivity contribution is -0.130. The predicted molar refractivity (Wildman–Crippen MR) is 59.7 cm³/mol. The monoisotopic (exact) mass is 198 g/mol. The summed E-state index contributed by atoms with van der Waals surface area (Å²) in [4.78, 5) is 10.7. The van der Waals surface area contributed by atoms with E-state index in [0.717, 1.165) is 11.1 Å². The van der Waals surface area contributed by atoms with Crippen molar-refractivity contribution >= 4 is 11.5 Å². The highest BCUT2D eigenvalue weighted by Gasteiger charge is 2.06. The largest absolute Gasteiger partial charge is 0.478 e. The molecular formula is C13H10O2. The zero-order valence-corrected chi connectivity index (χ0v) is 8.10. The lowest BCUT2D eigenvalue weighted by Crippen LogP contribution is -1.96. The Morgan fingerprint density at radius 3 is 2.00 bits per heavy atom. The van der Waals surface area contributed by atoms with Crippen LogP contribution in [0.3, 0.4) is 0 Å². The highest BCUT2D eigenvalue weighted by molar-refractivity contribution is 6.14. The first-order chi connectivity index (χ1) is 7.18. The Labute approximate surface area is 87.8 Å². The summed E-state index contributed by atoms with van der Waals surface area (Å²) in [6, 6.07) is 13.3. The van der Waals surface area contributed by atoms with E-state index >= 15 is 0 Å². The van der Waals surface area contributed by atoms with Crippen molar-refractivity contribution in [2.45, 2.75) is 0 Å². The summed E-state index contributed by atoms with van der Waals surface area (Å²) in [6.07, 6.45) is 0. The predicted octanol–water partition coefficient (Wildman–Crippen LogP) is 2.89. The molecule has 2 rings (SSSR count). The smallest absolute Gasteiger partial charge is 0.335 e. The highest BCUT2D eigenvalue weighted by Crippen LogP contribution is 2.23. The van der Waals surface area contributed by atoms with E-state index in [4.69, 9.17) is 5.11 Å².